The molecule has 1 atom stereocenters. The number of hydrogen-bond acceptors (Lipinski definition) is 5. The van der Waals surface area contributed by atoms with Crippen molar-refractivity contribution in [1.29, 1.82) is 0 Å². The molecule has 29 heavy (non-hydrogen) atoms. The Morgan fingerprint density at radius 1 is 1.17 bits per heavy atom. The van der Waals surface area contributed by atoms with Gasteiger partial charge >= 0.3 is 0 Å². The molecule has 1 N–H and O–H groups in total. The zero-order valence-corrected chi connectivity index (χ0v) is 17.3. The molecule has 4 rings (SSSR count). The maximum atomic E-state index is 12.5. The van der Waals surface area contributed by atoms with Crippen molar-refractivity contribution < 1.29 is 9.53 Å². The van der Waals surface area contributed by atoms with Gasteiger partial charge in [0.25, 0.3) is 0 Å². The van der Waals surface area contributed by atoms with E-state index in [1.165, 1.54) is 22.9 Å². The van der Waals surface area contributed by atoms with E-state index in [1.807, 2.05) is 43.3 Å². The number of nitrogens with zero attached hydrogens (tertiary/aromatic N) is 2. The number of amides is 1. The number of fused-ring (bicyclic) bond motifs is 1. The van der Waals surface area contributed by atoms with Crippen LogP contribution >= 0.6 is 11.8 Å². The minimum Gasteiger partial charge on any atom is -0.497 e. The highest BCUT2D eigenvalue weighted by molar-refractivity contribution is 7.99. The normalized spacial score (nSPS) is 15.0. The first kappa shape index (κ1) is 19.5. The van der Waals surface area contributed by atoms with Crippen LogP contribution in [0.15, 0.2) is 59.6 Å². The van der Waals surface area contributed by atoms with Crippen molar-refractivity contribution in [2.45, 2.75) is 30.8 Å². The molecule has 0 radical (unpaired) electrons. The lowest BCUT2D eigenvalue weighted by atomic mass is 10.1. The Hall–Kier alpha value is -2.86. The lowest BCUT2D eigenvalue weighted by Crippen LogP contribution is -2.28. The molecule has 0 spiro atoms. The van der Waals surface area contributed by atoms with Crippen LogP contribution in [0.4, 0.5) is 0 Å². The Kier molecular flexibility index (Phi) is 5.81. The van der Waals surface area contributed by atoms with E-state index >= 15 is 0 Å². The van der Waals surface area contributed by atoms with Crippen LogP contribution in [0.1, 0.15) is 29.3 Å². The fourth-order valence-electron chi connectivity index (χ4n) is 3.57. The molecule has 148 valence electrons. The number of thioether (sulfide) groups is 1. The molecular weight excluding hydrogens is 382 g/mol. The second-order valence-corrected chi connectivity index (χ2v) is 8.04. The van der Waals surface area contributed by atoms with Crippen molar-refractivity contribution in [3.05, 3.63) is 71.4 Å². The summed E-state index contributed by atoms with van der Waals surface area (Å²) in [5, 5.41) is 3.96. The number of rotatable bonds is 6. The number of nitrogens with one attached hydrogen (secondary N) is 1. The van der Waals surface area contributed by atoms with Gasteiger partial charge in [0, 0.05) is 11.3 Å². The van der Waals surface area contributed by atoms with Gasteiger partial charge in [0.1, 0.15) is 10.8 Å². The van der Waals surface area contributed by atoms with Crippen LogP contribution in [-0.4, -0.2) is 28.7 Å². The van der Waals surface area contributed by atoms with E-state index in [4.69, 9.17) is 4.74 Å². The van der Waals surface area contributed by atoms with Gasteiger partial charge in [-0.3, -0.25) is 4.79 Å². The Morgan fingerprint density at radius 3 is 2.76 bits per heavy atom. The van der Waals surface area contributed by atoms with Gasteiger partial charge in [0.2, 0.25) is 5.91 Å². The van der Waals surface area contributed by atoms with Crippen molar-refractivity contribution >= 4 is 17.7 Å². The van der Waals surface area contributed by atoms with Crippen LogP contribution < -0.4 is 10.1 Å². The SMILES string of the molecule is COc1ccc(-c2nc(C)cc(SCC(=O)NC3CCc4ccccc43)n2)cc1. The molecule has 0 fully saturated rings. The van der Waals surface area contributed by atoms with E-state index in [-0.39, 0.29) is 11.9 Å². The first-order chi connectivity index (χ1) is 14.1. The Bertz CT molecular complexity index is 1020. The number of ether oxygens (including phenoxy) is 1. The summed E-state index contributed by atoms with van der Waals surface area (Å²) in [4.78, 5) is 21.7. The molecule has 3 aromatic rings. The molecule has 1 heterocycles. The highest BCUT2D eigenvalue weighted by atomic mass is 32.2. The highest BCUT2D eigenvalue weighted by Gasteiger charge is 2.23. The molecule has 2 aromatic carbocycles. The maximum Gasteiger partial charge on any atom is 0.230 e. The van der Waals surface area contributed by atoms with E-state index in [1.54, 1.807) is 7.11 Å². The number of aromatic nitrogens is 2. The van der Waals surface area contributed by atoms with Crippen LogP contribution in [0.5, 0.6) is 5.75 Å². The van der Waals surface area contributed by atoms with E-state index in [0.29, 0.717) is 11.6 Å². The van der Waals surface area contributed by atoms with Gasteiger partial charge in [0.15, 0.2) is 5.82 Å². The highest BCUT2D eigenvalue weighted by Crippen LogP contribution is 2.31. The molecule has 0 saturated carbocycles. The third-order valence-electron chi connectivity index (χ3n) is 5.00. The predicted octanol–water partition coefficient (Wildman–Crippen LogP) is 4.36. The first-order valence-electron chi connectivity index (χ1n) is 9.62. The summed E-state index contributed by atoms with van der Waals surface area (Å²) in [5.74, 6) is 1.80. The topological polar surface area (TPSA) is 64.1 Å². The van der Waals surface area contributed by atoms with E-state index in [9.17, 15) is 4.79 Å². The molecule has 0 saturated heterocycles. The smallest absolute Gasteiger partial charge is 0.230 e. The Balaban J connectivity index is 1.40. The molecule has 5 nitrogen and oxygen atoms in total. The second-order valence-electron chi connectivity index (χ2n) is 7.05. The summed E-state index contributed by atoms with van der Waals surface area (Å²) >= 11 is 1.44. The van der Waals surface area contributed by atoms with Crippen LogP contribution in [0, 0.1) is 6.92 Å². The molecule has 1 aliphatic carbocycles. The third kappa shape index (κ3) is 4.59. The van der Waals surface area contributed by atoms with Gasteiger partial charge in [-0.15, -0.1) is 0 Å². The first-order valence-corrected chi connectivity index (χ1v) is 10.6. The van der Waals surface area contributed by atoms with Crippen LogP contribution in [0.3, 0.4) is 0 Å². The van der Waals surface area contributed by atoms with Gasteiger partial charge < -0.3 is 10.1 Å². The fourth-order valence-corrected chi connectivity index (χ4v) is 4.33. The van der Waals surface area contributed by atoms with Gasteiger partial charge in [-0.2, -0.15) is 0 Å². The maximum absolute atomic E-state index is 12.5. The summed E-state index contributed by atoms with van der Waals surface area (Å²) in [6.07, 6.45) is 1.98. The van der Waals surface area contributed by atoms with Crippen LogP contribution in [0.2, 0.25) is 0 Å². The van der Waals surface area contributed by atoms with Crippen molar-refractivity contribution in [2.75, 3.05) is 12.9 Å². The van der Waals surface area contributed by atoms with Crippen LogP contribution in [0.25, 0.3) is 11.4 Å². The van der Waals surface area contributed by atoms with Crippen LogP contribution in [-0.2, 0) is 11.2 Å². The standard InChI is InChI=1S/C23H23N3O2S/c1-15-13-22(26-23(24-15)17-7-10-18(28-2)11-8-17)29-14-21(27)25-20-12-9-16-5-3-4-6-19(16)20/h3-8,10-11,13,20H,9,12,14H2,1-2H3,(H,25,27). The largest absolute Gasteiger partial charge is 0.497 e. The minimum atomic E-state index is 0.0268. The van der Waals surface area contributed by atoms with Crippen molar-refractivity contribution in [3.8, 4) is 17.1 Å². The number of carbonyl (C=O) groups is 1. The van der Waals surface area contributed by atoms with Gasteiger partial charge in [-0.25, -0.2) is 9.97 Å². The summed E-state index contributed by atoms with van der Waals surface area (Å²) in [7, 11) is 1.64. The van der Waals surface area contributed by atoms with E-state index in [2.05, 4.69) is 33.5 Å². The molecular formula is C23H23N3O2S. The number of carbonyl (C=O) groups excluding carboxylic acids is 1. The molecule has 0 aliphatic heterocycles. The molecule has 1 aromatic heterocycles. The molecule has 1 amide bonds. The monoisotopic (exact) mass is 405 g/mol. The fraction of sp³-hybridized carbons (Fsp3) is 0.261. The van der Waals surface area contributed by atoms with E-state index in [0.717, 1.165) is 34.9 Å². The minimum absolute atomic E-state index is 0.0268. The van der Waals surface area contributed by atoms with Crippen molar-refractivity contribution in [2.24, 2.45) is 0 Å². The van der Waals surface area contributed by atoms with Gasteiger partial charge in [0.05, 0.1) is 18.9 Å². The van der Waals surface area contributed by atoms with Crippen molar-refractivity contribution in [1.82, 2.24) is 15.3 Å². The zero-order valence-electron chi connectivity index (χ0n) is 16.5. The summed E-state index contributed by atoms with van der Waals surface area (Å²) in [5.41, 5.74) is 4.37. The second kappa shape index (κ2) is 8.66. The average Bonchev–Trinajstić information content (AvgIpc) is 3.15. The summed E-state index contributed by atoms with van der Waals surface area (Å²) in [6, 6.07) is 18.0. The van der Waals surface area contributed by atoms with E-state index < -0.39 is 0 Å². The quantitative estimate of drug-likeness (QED) is 0.488. The lowest BCUT2D eigenvalue weighted by Gasteiger charge is -2.14. The Morgan fingerprint density at radius 2 is 1.97 bits per heavy atom. The average molecular weight is 406 g/mol. The molecule has 0 bridgehead atoms. The van der Waals surface area contributed by atoms with Crippen molar-refractivity contribution in [3.63, 3.8) is 0 Å². The van der Waals surface area contributed by atoms with Gasteiger partial charge in [-0.1, -0.05) is 36.0 Å². The molecule has 6 heteroatoms. The molecule has 1 unspecified atom stereocenters. The number of methoxy groups -OCH3 is 1. The summed E-state index contributed by atoms with van der Waals surface area (Å²) < 4.78 is 5.20. The Labute approximate surface area is 174 Å². The summed E-state index contributed by atoms with van der Waals surface area (Å²) in [6.45, 7) is 1.94. The molecule has 1 aliphatic rings. The number of hydrogen-bond donors (Lipinski definition) is 1. The number of benzene rings is 2. The lowest BCUT2D eigenvalue weighted by molar-refractivity contribution is -0.119. The van der Waals surface area contributed by atoms with Gasteiger partial charge in [-0.05, 0) is 61.2 Å². The number of aryl methyl sites for hydroxylation is 2. The predicted molar refractivity (Wildman–Crippen MR) is 115 cm³/mol. The third-order valence-corrected chi connectivity index (χ3v) is 5.91. The zero-order chi connectivity index (χ0) is 20.2.